The van der Waals surface area contributed by atoms with E-state index in [9.17, 15) is 9.59 Å². The maximum atomic E-state index is 11.9. The number of benzene rings is 1. The molecule has 0 saturated heterocycles. The highest BCUT2D eigenvalue weighted by atomic mass is 16.5. The number of esters is 1. The zero-order valence-corrected chi connectivity index (χ0v) is 9.77. The summed E-state index contributed by atoms with van der Waals surface area (Å²) in [7, 11) is 0. The van der Waals surface area contributed by atoms with Gasteiger partial charge in [-0.15, -0.1) is 0 Å². The van der Waals surface area contributed by atoms with Gasteiger partial charge in [-0.1, -0.05) is 12.1 Å². The highest BCUT2D eigenvalue weighted by Gasteiger charge is 2.23. The Morgan fingerprint density at radius 2 is 1.94 bits per heavy atom. The molecular formula is C13H13NO3. The van der Waals surface area contributed by atoms with E-state index in [-0.39, 0.29) is 12.4 Å². The summed E-state index contributed by atoms with van der Waals surface area (Å²) in [5.74, 6) is -1.64. The number of carbonyl (C=O) groups is 2. The van der Waals surface area contributed by atoms with Crippen molar-refractivity contribution < 1.29 is 14.3 Å². The molecule has 0 aliphatic heterocycles. The first-order valence-electron chi connectivity index (χ1n) is 5.31. The lowest BCUT2D eigenvalue weighted by Gasteiger charge is -2.09. The first-order chi connectivity index (χ1) is 8.10. The number of Topliss-reactive ketones (excluding diaryl/α,β-unsaturated/α-hetero) is 1. The van der Waals surface area contributed by atoms with Gasteiger partial charge in [0.05, 0.1) is 18.2 Å². The van der Waals surface area contributed by atoms with Crippen molar-refractivity contribution in [3.05, 3.63) is 35.4 Å². The van der Waals surface area contributed by atoms with Crippen molar-refractivity contribution in [3.8, 4) is 6.07 Å². The molecule has 0 aliphatic carbocycles. The molecule has 0 aliphatic rings. The summed E-state index contributed by atoms with van der Waals surface area (Å²) in [6, 6.07) is 8.13. The molecule has 1 rings (SSSR count). The van der Waals surface area contributed by atoms with Gasteiger partial charge in [0.15, 0.2) is 5.78 Å². The zero-order valence-electron chi connectivity index (χ0n) is 9.77. The Bertz CT molecular complexity index is 457. The molecule has 0 amide bonds. The molecule has 0 saturated carbocycles. The number of nitriles is 1. The van der Waals surface area contributed by atoms with Crippen LogP contribution in [0.5, 0.6) is 0 Å². The van der Waals surface area contributed by atoms with E-state index >= 15 is 0 Å². The SMILES string of the molecule is CCOC(=O)C(C)C(=O)c1ccc(C#N)cc1. The predicted molar refractivity (Wildman–Crippen MR) is 61.3 cm³/mol. The standard InChI is InChI=1S/C13H13NO3/c1-3-17-13(16)9(2)12(15)11-6-4-10(8-14)5-7-11/h4-7,9H,3H2,1-2H3. The van der Waals surface area contributed by atoms with E-state index in [1.807, 2.05) is 6.07 Å². The molecule has 0 N–H and O–H groups in total. The number of ether oxygens (including phenoxy) is 1. The fraction of sp³-hybridized carbons (Fsp3) is 0.308. The van der Waals surface area contributed by atoms with E-state index < -0.39 is 11.9 Å². The number of ketones is 1. The largest absolute Gasteiger partial charge is 0.465 e. The predicted octanol–water partition coefficient (Wildman–Crippen LogP) is 1.94. The van der Waals surface area contributed by atoms with Gasteiger partial charge in [-0.3, -0.25) is 9.59 Å². The summed E-state index contributed by atoms with van der Waals surface area (Å²) in [5, 5.41) is 8.63. The quantitative estimate of drug-likeness (QED) is 0.451. The maximum absolute atomic E-state index is 11.9. The maximum Gasteiger partial charge on any atom is 0.316 e. The van der Waals surface area contributed by atoms with Crippen molar-refractivity contribution in [1.82, 2.24) is 0 Å². The second-order valence-electron chi connectivity index (χ2n) is 3.53. The average Bonchev–Trinajstić information content (AvgIpc) is 2.37. The minimum atomic E-state index is -0.817. The van der Waals surface area contributed by atoms with Crippen molar-refractivity contribution in [2.24, 2.45) is 5.92 Å². The van der Waals surface area contributed by atoms with Gasteiger partial charge in [0.25, 0.3) is 0 Å². The number of rotatable bonds is 4. The molecule has 0 aromatic heterocycles. The molecule has 17 heavy (non-hydrogen) atoms. The molecule has 0 radical (unpaired) electrons. The van der Waals surface area contributed by atoms with Crippen molar-refractivity contribution in [2.75, 3.05) is 6.61 Å². The van der Waals surface area contributed by atoms with Crippen LogP contribution in [0.15, 0.2) is 24.3 Å². The van der Waals surface area contributed by atoms with Crippen LogP contribution >= 0.6 is 0 Å². The first kappa shape index (κ1) is 12.9. The Balaban J connectivity index is 2.82. The first-order valence-corrected chi connectivity index (χ1v) is 5.31. The molecule has 0 fully saturated rings. The molecule has 0 heterocycles. The Morgan fingerprint density at radius 1 is 1.35 bits per heavy atom. The highest BCUT2D eigenvalue weighted by molar-refractivity contribution is 6.08. The van der Waals surface area contributed by atoms with E-state index in [4.69, 9.17) is 10.00 Å². The van der Waals surface area contributed by atoms with Crippen LogP contribution in [-0.4, -0.2) is 18.4 Å². The van der Waals surface area contributed by atoms with Crippen LogP contribution in [0.2, 0.25) is 0 Å². The second-order valence-corrected chi connectivity index (χ2v) is 3.53. The minimum absolute atomic E-state index is 0.254. The summed E-state index contributed by atoms with van der Waals surface area (Å²) < 4.78 is 4.78. The Morgan fingerprint density at radius 3 is 2.41 bits per heavy atom. The lowest BCUT2D eigenvalue weighted by atomic mass is 9.99. The van der Waals surface area contributed by atoms with Crippen LogP contribution in [0, 0.1) is 17.2 Å². The monoisotopic (exact) mass is 231 g/mol. The van der Waals surface area contributed by atoms with Crippen molar-refractivity contribution in [1.29, 1.82) is 5.26 Å². The van der Waals surface area contributed by atoms with Crippen molar-refractivity contribution in [3.63, 3.8) is 0 Å². The smallest absolute Gasteiger partial charge is 0.316 e. The van der Waals surface area contributed by atoms with Crippen molar-refractivity contribution >= 4 is 11.8 Å². The molecule has 1 atom stereocenters. The fourth-order valence-corrected chi connectivity index (χ4v) is 1.33. The zero-order chi connectivity index (χ0) is 12.8. The summed E-state index contributed by atoms with van der Waals surface area (Å²) in [6.45, 7) is 3.46. The molecule has 1 aromatic carbocycles. The molecular weight excluding hydrogens is 218 g/mol. The van der Waals surface area contributed by atoms with Crippen LogP contribution in [0.25, 0.3) is 0 Å². The lowest BCUT2D eigenvalue weighted by Crippen LogP contribution is -2.23. The molecule has 88 valence electrons. The Kier molecular flexibility index (Phi) is 4.41. The van der Waals surface area contributed by atoms with E-state index in [0.717, 1.165) is 0 Å². The normalized spacial score (nSPS) is 11.4. The van der Waals surface area contributed by atoms with E-state index in [1.54, 1.807) is 19.1 Å². The third kappa shape index (κ3) is 3.15. The van der Waals surface area contributed by atoms with Crippen LogP contribution < -0.4 is 0 Å². The van der Waals surface area contributed by atoms with E-state index in [1.165, 1.54) is 19.1 Å². The number of carbonyl (C=O) groups excluding carboxylic acids is 2. The average molecular weight is 231 g/mol. The van der Waals surface area contributed by atoms with Crippen molar-refractivity contribution in [2.45, 2.75) is 13.8 Å². The summed E-state index contributed by atoms with van der Waals surface area (Å²) in [5.41, 5.74) is 0.884. The van der Waals surface area contributed by atoms with Gasteiger partial charge >= 0.3 is 5.97 Å². The summed E-state index contributed by atoms with van der Waals surface area (Å²) in [6.07, 6.45) is 0. The van der Waals surface area contributed by atoms with E-state index in [2.05, 4.69) is 0 Å². The van der Waals surface area contributed by atoms with E-state index in [0.29, 0.717) is 11.1 Å². The molecule has 1 aromatic rings. The van der Waals surface area contributed by atoms with Crippen LogP contribution in [0.3, 0.4) is 0 Å². The van der Waals surface area contributed by atoms with Crippen LogP contribution in [0.1, 0.15) is 29.8 Å². The van der Waals surface area contributed by atoms with Gasteiger partial charge in [-0.05, 0) is 26.0 Å². The Hall–Kier alpha value is -2.15. The van der Waals surface area contributed by atoms with Gasteiger partial charge in [-0.25, -0.2) is 0 Å². The van der Waals surface area contributed by atoms with Gasteiger partial charge in [0.1, 0.15) is 5.92 Å². The minimum Gasteiger partial charge on any atom is -0.465 e. The van der Waals surface area contributed by atoms with Gasteiger partial charge in [-0.2, -0.15) is 5.26 Å². The van der Waals surface area contributed by atoms with Gasteiger partial charge < -0.3 is 4.74 Å². The lowest BCUT2D eigenvalue weighted by molar-refractivity contribution is -0.145. The number of hydrogen-bond acceptors (Lipinski definition) is 4. The highest BCUT2D eigenvalue weighted by Crippen LogP contribution is 2.11. The third-order valence-corrected chi connectivity index (χ3v) is 2.33. The van der Waals surface area contributed by atoms with Gasteiger partial charge in [0.2, 0.25) is 0 Å². The van der Waals surface area contributed by atoms with Gasteiger partial charge in [0, 0.05) is 5.56 Å². The fourth-order valence-electron chi connectivity index (χ4n) is 1.33. The third-order valence-electron chi connectivity index (χ3n) is 2.33. The molecule has 1 unspecified atom stereocenters. The number of hydrogen-bond donors (Lipinski definition) is 0. The van der Waals surface area contributed by atoms with Crippen LogP contribution in [0.4, 0.5) is 0 Å². The second kappa shape index (κ2) is 5.80. The molecule has 0 bridgehead atoms. The molecule has 0 spiro atoms. The topological polar surface area (TPSA) is 67.2 Å². The molecule has 4 nitrogen and oxygen atoms in total. The summed E-state index contributed by atoms with van der Waals surface area (Å²) in [4.78, 5) is 23.3. The molecule has 4 heteroatoms. The van der Waals surface area contributed by atoms with Crippen LogP contribution in [-0.2, 0) is 9.53 Å². The summed E-state index contributed by atoms with van der Waals surface area (Å²) >= 11 is 0. The Labute approximate surface area is 99.8 Å². The number of nitrogens with zero attached hydrogens (tertiary/aromatic N) is 1.